The van der Waals surface area contributed by atoms with Gasteiger partial charge in [-0.1, -0.05) is 27.2 Å². The van der Waals surface area contributed by atoms with E-state index >= 15 is 0 Å². The first-order valence-corrected chi connectivity index (χ1v) is 9.70. The largest absolute Gasteiger partial charge is 0.317 e. The molecule has 1 rings (SSSR count). The van der Waals surface area contributed by atoms with Crippen molar-refractivity contribution in [3.05, 3.63) is 0 Å². The summed E-state index contributed by atoms with van der Waals surface area (Å²) in [5.74, 6) is 0.262. The standard InChI is InChI=1S/C15H32N2O2S/c1-4-10-16-11-5-6-12-20(18,19)17-14-8-7-9-15(2,3)13-14/h14,16-17H,4-13H2,1-3H3. The Labute approximate surface area is 125 Å². The van der Waals surface area contributed by atoms with E-state index in [1.165, 1.54) is 6.42 Å². The lowest BCUT2D eigenvalue weighted by Gasteiger charge is -2.35. The Hall–Kier alpha value is -0.130. The van der Waals surface area contributed by atoms with Crippen LogP contribution in [0.1, 0.15) is 65.7 Å². The topological polar surface area (TPSA) is 58.2 Å². The summed E-state index contributed by atoms with van der Waals surface area (Å²) in [5.41, 5.74) is 0.273. The zero-order valence-electron chi connectivity index (χ0n) is 13.4. The maximum Gasteiger partial charge on any atom is 0.211 e. The van der Waals surface area contributed by atoms with Crippen molar-refractivity contribution in [2.45, 2.75) is 71.8 Å². The van der Waals surface area contributed by atoms with Crippen LogP contribution in [-0.4, -0.2) is 33.3 Å². The molecule has 1 fully saturated rings. The summed E-state index contributed by atoms with van der Waals surface area (Å²) in [6.45, 7) is 8.52. The minimum absolute atomic E-state index is 0.141. The summed E-state index contributed by atoms with van der Waals surface area (Å²) in [4.78, 5) is 0. The van der Waals surface area contributed by atoms with Crippen molar-refractivity contribution in [2.24, 2.45) is 5.41 Å². The van der Waals surface area contributed by atoms with Crippen molar-refractivity contribution in [1.29, 1.82) is 0 Å². The highest BCUT2D eigenvalue weighted by molar-refractivity contribution is 7.89. The number of nitrogens with one attached hydrogen (secondary N) is 2. The Morgan fingerprint density at radius 1 is 1.20 bits per heavy atom. The van der Waals surface area contributed by atoms with Gasteiger partial charge in [0.05, 0.1) is 5.75 Å². The van der Waals surface area contributed by atoms with Gasteiger partial charge in [0.2, 0.25) is 10.0 Å². The van der Waals surface area contributed by atoms with E-state index in [9.17, 15) is 8.42 Å². The van der Waals surface area contributed by atoms with Gasteiger partial charge in [0.25, 0.3) is 0 Å². The molecular formula is C15H32N2O2S. The van der Waals surface area contributed by atoms with Gasteiger partial charge in [0.15, 0.2) is 0 Å². The predicted octanol–water partition coefficient (Wildman–Crippen LogP) is 2.65. The molecule has 2 N–H and O–H groups in total. The fourth-order valence-corrected chi connectivity index (χ4v) is 4.37. The van der Waals surface area contributed by atoms with Gasteiger partial charge in [-0.15, -0.1) is 0 Å². The predicted molar refractivity (Wildman–Crippen MR) is 85.4 cm³/mol. The molecule has 1 unspecified atom stereocenters. The molecular weight excluding hydrogens is 272 g/mol. The van der Waals surface area contributed by atoms with Crippen LogP contribution in [0.4, 0.5) is 0 Å². The average molecular weight is 305 g/mol. The van der Waals surface area contributed by atoms with Crippen LogP contribution in [-0.2, 0) is 10.0 Å². The SMILES string of the molecule is CCCNCCCCS(=O)(=O)NC1CCCC(C)(C)C1. The van der Waals surface area contributed by atoms with Crippen molar-refractivity contribution < 1.29 is 8.42 Å². The van der Waals surface area contributed by atoms with Crippen LogP contribution in [0, 0.1) is 5.41 Å². The van der Waals surface area contributed by atoms with Gasteiger partial charge < -0.3 is 5.32 Å². The van der Waals surface area contributed by atoms with Crippen LogP contribution in [0.5, 0.6) is 0 Å². The summed E-state index contributed by atoms with van der Waals surface area (Å²) < 4.78 is 27.0. The molecule has 0 aromatic heterocycles. The van der Waals surface area contributed by atoms with Crippen LogP contribution >= 0.6 is 0 Å². The van der Waals surface area contributed by atoms with Crippen molar-refractivity contribution in [2.75, 3.05) is 18.8 Å². The molecule has 0 aromatic carbocycles. The Kier molecular flexibility index (Phi) is 7.48. The average Bonchev–Trinajstić information content (AvgIpc) is 2.31. The Morgan fingerprint density at radius 3 is 2.60 bits per heavy atom. The van der Waals surface area contributed by atoms with Gasteiger partial charge >= 0.3 is 0 Å². The third-order valence-corrected chi connectivity index (χ3v) is 5.51. The molecule has 0 heterocycles. The van der Waals surface area contributed by atoms with Gasteiger partial charge in [-0.25, -0.2) is 13.1 Å². The molecule has 120 valence electrons. The summed E-state index contributed by atoms with van der Waals surface area (Å²) in [7, 11) is -3.10. The molecule has 1 aliphatic carbocycles. The first kappa shape index (κ1) is 17.9. The van der Waals surface area contributed by atoms with Crippen molar-refractivity contribution in [1.82, 2.24) is 10.0 Å². The molecule has 0 saturated heterocycles. The van der Waals surface area contributed by atoms with Crippen molar-refractivity contribution in [3.63, 3.8) is 0 Å². The second-order valence-corrected chi connectivity index (χ2v) is 8.72. The normalized spacial score (nSPS) is 22.9. The lowest BCUT2D eigenvalue weighted by molar-refractivity contribution is 0.212. The highest BCUT2D eigenvalue weighted by Crippen LogP contribution is 2.35. The first-order valence-electron chi connectivity index (χ1n) is 8.05. The molecule has 20 heavy (non-hydrogen) atoms. The van der Waals surface area contributed by atoms with Crippen molar-refractivity contribution in [3.8, 4) is 0 Å². The van der Waals surface area contributed by atoms with Crippen LogP contribution in [0.2, 0.25) is 0 Å². The maximum atomic E-state index is 12.1. The summed E-state index contributed by atoms with van der Waals surface area (Å²) in [5, 5.41) is 3.30. The number of hydrogen-bond donors (Lipinski definition) is 2. The van der Waals surface area contributed by atoms with E-state index in [2.05, 4.69) is 30.8 Å². The molecule has 1 aliphatic rings. The fourth-order valence-electron chi connectivity index (χ4n) is 2.96. The van der Waals surface area contributed by atoms with Gasteiger partial charge in [-0.3, -0.25) is 0 Å². The van der Waals surface area contributed by atoms with Gasteiger partial charge in [-0.2, -0.15) is 0 Å². The minimum atomic E-state index is -3.10. The molecule has 1 atom stereocenters. The summed E-state index contributed by atoms with van der Waals surface area (Å²) >= 11 is 0. The lowest BCUT2D eigenvalue weighted by Crippen LogP contribution is -2.41. The molecule has 0 spiro atoms. The van der Waals surface area contributed by atoms with Gasteiger partial charge in [-0.05, 0) is 57.0 Å². The number of rotatable bonds is 9. The second kappa shape index (κ2) is 8.35. The minimum Gasteiger partial charge on any atom is -0.317 e. The fraction of sp³-hybridized carbons (Fsp3) is 1.00. The molecule has 0 amide bonds. The van der Waals surface area contributed by atoms with Gasteiger partial charge in [0, 0.05) is 6.04 Å². The molecule has 4 nitrogen and oxygen atoms in total. The molecule has 0 bridgehead atoms. The molecule has 0 radical (unpaired) electrons. The third kappa shape index (κ3) is 7.60. The maximum absolute atomic E-state index is 12.1. The quantitative estimate of drug-likeness (QED) is 0.644. The Morgan fingerprint density at radius 2 is 1.95 bits per heavy atom. The highest BCUT2D eigenvalue weighted by atomic mass is 32.2. The van der Waals surface area contributed by atoms with Crippen molar-refractivity contribution >= 4 is 10.0 Å². The third-order valence-electron chi connectivity index (χ3n) is 3.99. The lowest BCUT2D eigenvalue weighted by atomic mass is 9.75. The van der Waals surface area contributed by atoms with Crippen LogP contribution < -0.4 is 10.0 Å². The van der Waals surface area contributed by atoms with E-state index in [0.29, 0.717) is 0 Å². The number of unbranched alkanes of at least 4 members (excludes halogenated alkanes) is 1. The smallest absolute Gasteiger partial charge is 0.211 e. The van der Waals surface area contributed by atoms with E-state index in [0.717, 1.165) is 51.6 Å². The van der Waals surface area contributed by atoms with Crippen LogP contribution in [0.15, 0.2) is 0 Å². The zero-order valence-corrected chi connectivity index (χ0v) is 14.2. The zero-order chi connectivity index (χ0) is 15.1. The van der Waals surface area contributed by atoms with E-state index in [1.54, 1.807) is 0 Å². The number of hydrogen-bond acceptors (Lipinski definition) is 3. The Bertz CT molecular complexity index is 366. The van der Waals surface area contributed by atoms with Gasteiger partial charge in [0.1, 0.15) is 0 Å². The van der Waals surface area contributed by atoms with E-state index in [4.69, 9.17) is 0 Å². The summed E-state index contributed by atoms with van der Waals surface area (Å²) in [6, 6.07) is 0.141. The number of sulfonamides is 1. The second-order valence-electron chi connectivity index (χ2n) is 6.85. The van der Waals surface area contributed by atoms with E-state index in [-0.39, 0.29) is 17.2 Å². The van der Waals surface area contributed by atoms with Crippen LogP contribution in [0.3, 0.4) is 0 Å². The highest BCUT2D eigenvalue weighted by Gasteiger charge is 2.30. The monoisotopic (exact) mass is 304 g/mol. The molecule has 0 aromatic rings. The van der Waals surface area contributed by atoms with Crippen LogP contribution in [0.25, 0.3) is 0 Å². The van der Waals surface area contributed by atoms with E-state index in [1.807, 2.05) is 0 Å². The first-order chi connectivity index (χ1) is 9.35. The molecule has 0 aliphatic heterocycles. The molecule has 5 heteroatoms. The Balaban J connectivity index is 2.24. The van der Waals surface area contributed by atoms with E-state index < -0.39 is 10.0 Å². The molecule has 1 saturated carbocycles. The summed E-state index contributed by atoms with van der Waals surface area (Å²) in [6.07, 6.45) is 7.07.